The monoisotopic (exact) mass is 299 g/mol. The van der Waals surface area contributed by atoms with Gasteiger partial charge >= 0.3 is 5.97 Å². The van der Waals surface area contributed by atoms with E-state index in [1.807, 2.05) is 0 Å². The number of aromatic nitrogens is 2. The van der Waals surface area contributed by atoms with Crippen molar-refractivity contribution in [3.63, 3.8) is 0 Å². The molecule has 6 nitrogen and oxygen atoms in total. The highest BCUT2D eigenvalue weighted by Crippen LogP contribution is 2.08. The van der Waals surface area contributed by atoms with Gasteiger partial charge in [-0.3, -0.25) is 14.8 Å². The van der Waals surface area contributed by atoms with Gasteiger partial charge in [-0.2, -0.15) is 0 Å². The van der Waals surface area contributed by atoms with Crippen LogP contribution in [-0.2, 0) is 17.8 Å². The molecule has 1 heterocycles. The lowest BCUT2D eigenvalue weighted by Crippen LogP contribution is -2.26. The van der Waals surface area contributed by atoms with Crippen LogP contribution < -0.4 is 0 Å². The lowest BCUT2D eigenvalue weighted by Gasteiger charge is -2.16. The molecule has 1 aromatic carbocycles. The maximum absolute atomic E-state index is 12.1. The number of nitrogens with zero attached hydrogens (tertiary/aromatic N) is 3. The van der Waals surface area contributed by atoms with Crippen LogP contribution in [-0.4, -0.2) is 38.9 Å². The second-order valence-electron chi connectivity index (χ2n) is 4.95. The fraction of sp³-hybridized carbons (Fsp3) is 0.250. The molecule has 1 aromatic heterocycles. The highest BCUT2D eigenvalue weighted by atomic mass is 16.4. The molecule has 0 saturated heterocycles. The standard InChI is InChI=1S/C16H17N3O3/c1-19(11-14-10-17-8-9-18-14)15(20)7-4-12-2-5-13(6-3-12)16(21)22/h2-3,5-6,8-10H,4,7,11H2,1H3,(H,21,22). The largest absolute Gasteiger partial charge is 0.478 e. The minimum absolute atomic E-state index is 0.00737. The summed E-state index contributed by atoms with van der Waals surface area (Å²) in [6.07, 6.45) is 5.75. The molecule has 0 fully saturated rings. The maximum atomic E-state index is 12.1. The van der Waals surface area contributed by atoms with E-state index in [9.17, 15) is 9.59 Å². The number of hydrogen-bond acceptors (Lipinski definition) is 4. The summed E-state index contributed by atoms with van der Waals surface area (Å²) in [4.78, 5) is 32.6. The number of carboxylic acids is 1. The molecular weight excluding hydrogens is 282 g/mol. The van der Waals surface area contributed by atoms with Gasteiger partial charge in [-0.1, -0.05) is 12.1 Å². The number of amides is 1. The first-order valence-electron chi connectivity index (χ1n) is 6.87. The first-order chi connectivity index (χ1) is 10.6. The van der Waals surface area contributed by atoms with Crippen LogP contribution in [0, 0.1) is 0 Å². The third-order valence-corrected chi connectivity index (χ3v) is 3.27. The predicted molar refractivity (Wildman–Crippen MR) is 80.2 cm³/mol. The molecule has 0 spiro atoms. The highest BCUT2D eigenvalue weighted by Gasteiger charge is 2.10. The third-order valence-electron chi connectivity index (χ3n) is 3.27. The van der Waals surface area contributed by atoms with Gasteiger partial charge in [0.2, 0.25) is 5.91 Å². The van der Waals surface area contributed by atoms with Crippen LogP contribution in [0.1, 0.15) is 28.0 Å². The van der Waals surface area contributed by atoms with E-state index >= 15 is 0 Å². The van der Waals surface area contributed by atoms with Crippen molar-refractivity contribution < 1.29 is 14.7 Å². The summed E-state index contributed by atoms with van der Waals surface area (Å²) in [7, 11) is 1.73. The van der Waals surface area contributed by atoms with Crippen LogP contribution in [0.3, 0.4) is 0 Å². The highest BCUT2D eigenvalue weighted by molar-refractivity contribution is 5.87. The predicted octanol–water partition coefficient (Wildman–Crippen LogP) is 1.77. The molecule has 114 valence electrons. The lowest BCUT2D eigenvalue weighted by atomic mass is 10.1. The number of benzene rings is 1. The Bertz CT molecular complexity index is 641. The Kier molecular flexibility index (Phi) is 5.19. The van der Waals surface area contributed by atoms with Gasteiger partial charge in [0, 0.05) is 25.9 Å². The molecule has 2 rings (SSSR count). The van der Waals surface area contributed by atoms with Crippen LogP contribution >= 0.6 is 0 Å². The van der Waals surface area contributed by atoms with Crippen molar-refractivity contribution in [2.24, 2.45) is 0 Å². The molecular formula is C16H17N3O3. The Labute approximate surface area is 128 Å². The van der Waals surface area contributed by atoms with Gasteiger partial charge in [0.25, 0.3) is 0 Å². The van der Waals surface area contributed by atoms with Crippen molar-refractivity contribution in [1.29, 1.82) is 0 Å². The molecule has 0 bridgehead atoms. The SMILES string of the molecule is CN(Cc1cnccn1)C(=O)CCc1ccc(C(=O)O)cc1. The molecule has 0 saturated carbocycles. The van der Waals surface area contributed by atoms with Crippen LogP contribution in [0.25, 0.3) is 0 Å². The van der Waals surface area contributed by atoms with E-state index in [1.165, 1.54) is 0 Å². The Hall–Kier alpha value is -2.76. The number of carboxylic acid groups (broad SMARTS) is 1. The summed E-state index contributed by atoms with van der Waals surface area (Å²) in [6, 6.07) is 6.57. The van der Waals surface area contributed by atoms with Crippen LogP contribution in [0.2, 0.25) is 0 Å². The molecule has 1 amide bonds. The summed E-state index contributed by atoms with van der Waals surface area (Å²) in [5.41, 5.74) is 1.92. The zero-order chi connectivity index (χ0) is 15.9. The summed E-state index contributed by atoms with van der Waals surface area (Å²) in [5.74, 6) is -0.945. The van der Waals surface area contributed by atoms with E-state index in [2.05, 4.69) is 9.97 Å². The maximum Gasteiger partial charge on any atom is 0.335 e. The average Bonchev–Trinajstić information content (AvgIpc) is 2.53. The van der Waals surface area contributed by atoms with Gasteiger partial charge in [-0.25, -0.2) is 4.79 Å². The molecule has 0 aliphatic carbocycles. The first kappa shape index (κ1) is 15.6. The summed E-state index contributed by atoms with van der Waals surface area (Å²) >= 11 is 0. The van der Waals surface area contributed by atoms with E-state index in [0.29, 0.717) is 19.4 Å². The van der Waals surface area contributed by atoms with Crippen LogP contribution in [0.5, 0.6) is 0 Å². The van der Waals surface area contributed by atoms with Gasteiger partial charge in [-0.05, 0) is 24.1 Å². The quantitative estimate of drug-likeness (QED) is 0.878. The summed E-state index contributed by atoms with van der Waals surface area (Å²) < 4.78 is 0. The van der Waals surface area contributed by atoms with Gasteiger partial charge in [-0.15, -0.1) is 0 Å². The summed E-state index contributed by atoms with van der Waals surface area (Å²) in [6.45, 7) is 0.421. The van der Waals surface area contributed by atoms with E-state index < -0.39 is 5.97 Å². The van der Waals surface area contributed by atoms with Crippen molar-refractivity contribution in [1.82, 2.24) is 14.9 Å². The minimum Gasteiger partial charge on any atom is -0.478 e. The van der Waals surface area contributed by atoms with Crippen molar-refractivity contribution in [3.05, 3.63) is 59.7 Å². The van der Waals surface area contributed by atoms with Crippen molar-refractivity contribution >= 4 is 11.9 Å². The summed E-state index contributed by atoms with van der Waals surface area (Å²) in [5, 5.41) is 8.83. The average molecular weight is 299 g/mol. The topological polar surface area (TPSA) is 83.4 Å². The Balaban J connectivity index is 1.85. The zero-order valence-corrected chi connectivity index (χ0v) is 12.3. The molecule has 0 radical (unpaired) electrons. The van der Waals surface area contributed by atoms with E-state index in [4.69, 9.17) is 5.11 Å². The first-order valence-corrected chi connectivity index (χ1v) is 6.87. The van der Waals surface area contributed by atoms with Gasteiger partial charge in [0.05, 0.1) is 24.0 Å². The molecule has 1 N–H and O–H groups in total. The number of aromatic carboxylic acids is 1. The number of aryl methyl sites for hydroxylation is 1. The molecule has 22 heavy (non-hydrogen) atoms. The second-order valence-corrected chi connectivity index (χ2v) is 4.95. The number of hydrogen-bond donors (Lipinski definition) is 1. The number of rotatable bonds is 6. The fourth-order valence-corrected chi connectivity index (χ4v) is 2.00. The molecule has 0 atom stereocenters. The lowest BCUT2D eigenvalue weighted by molar-refractivity contribution is -0.130. The Morgan fingerprint density at radius 1 is 1.18 bits per heavy atom. The zero-order valence-electron chi connectivity index (χ0n) is 12.3. The minimum atomic E-state index is -0.952. The molecule has 0 aliphatic rings. The fourth-order valence-electron chi connectivity index (χ4n) is 2.00. The normalized spacial score (nSPS) is 10.2. The molecule has 2 aromatic rings. The van der Waals surface area contributed by atoms with Crippen molar-refractivity contribution in [2.45, 2.75) is 19.4 Å². The van der Waals surface area contributed by atoms with Gasteiger partial charge in [0.1, 0.15) is 0 Å². The number of carbonyl (C=O) groups excluding carboxylic acids is 1. The van der Waals surface area contributed by atoms with E-state index in [-0.39, 0.29) is 11.5 Å². The van der Waals surface area contributed by atoms with Gasteiger partial charge < -0.3 is 10.0 Å². The van der Waals surface area contributed by atoms with E-state index in [0.717, 1.165) is 11.3 Å². The molecule has 0 unspecified atom stereocenters. The van der Waals surface area contributed by atoms with Crippen molar-refractivity contribution in [2.75, 3.05) is 7.05 Å². The number of carbonyl (C=O) groups is 2. The Morgan fingerprint density at radius 2 is 1.91 bits per heavy atom. The van der Waals surface area contributed by atoms with Crippen molar-refractivity contribution in [3.8, 4) is 0 Å². The second kappa shape index (κ2) is 7.31. The third kappa shape index (κ3) is 4.37. The smallest absolute Gasteiger partial charge is 0.335 e. The van der Waals surface area contributed by atoms with Crippen LogP contribution in [0.4, 0.5) is 0 Å². The van der Waals surface area contributed by atoms with E-state index in [1.54, 1.807) is 54.8 Å². The molecule has 6 heteroatoms. The Morgan fingerprint density at radius 3 is 2.50 bits per heavy atom. The molecule has 0 aliphatic heterocycles. The van der Waals surface area contributed by atoms with Gasteiger partial charge in [0.15, 0.2) is 0 Å². The van der Waals surface area contributed by atoms with Crippen LogP contribution in [0.15, 0.2) is 42.9 Å².